The molecule has 1 aliphatic rings. The first-order valence-electron chi connectivity index (χ1n) is 6.77. The van der Waals surface area contributed by atoms with Gasteiger partial charge in [0.15, 0.2) is 0 Å². The summed E-state index contributed by atoms with van der Waals surface area (Å²) < 4.78 is 0. The first-order valence-corrected chi connectivity index (χ1v) is 6.77. The van der Waals surface area contributed by atoms with E-state index in [1.54, 1.807) is 0 Å². The maximum Gasteiger partial charge on any atom is 0.222 e. The number of carbonyl (C=O) groups excluding carboxylic acids is 1. The van der Waals surface area contributed by atoms with E-state index in [9.17, 15) is 9.90 Å². The van der Waals surface area contributed by atoms with E-state index in [0.29, 0.717) is 25.4 Å². The van der Waals surface area contributed by atoms with Crippen LogP contribution in [-0.2, 0) is 4.79 Å². The topological polar surface area (TPSA) is 52.6 Å². The molecule has 2 N–H and O–H groups in total. The van der Waals surface area contributed by atoms with Crippen molar-refractivity contribution < 1.29 is 9.90 Å². The van der Waals surface area contributed by atoms with E-state index in [-0.39, 0.29) is 5.91 Å². The number of aliphatic hydroxyl groups excluding tert-OH is 1. The third-order valence-corrected chi connectivity index (χ3v) is 3.49. The number of aliphatic hydroxyl groups is 1. The number of nitrogens with zero attached hydrogens (tertiary/aromatic N) is 1. The summed E-state index contributed by atoms with van der Waals surface area (Å²) in [6.45, 7) is 4.02. The van der Waals surface area contributed by atoms with Crippen molar-refractivity contribution in [3.63, 3.8) is 0 Å². The number of rotatable bonds is 6. The molecule has 0 aromatic carbocycles. The Labute approximate surface area is 104 Å². The van der Waals surface area contributed by atoms with Gasteiger partial charge in [-0.05, 0) is 25.8 Å². The highest BCUT2D eigenvalue weighted by Gasteiger charge is 2.23. The van der Waals surface area contributed by atoms with Crippen LogP contribution < -0.4 is 5.32 Å². The zero-order valence-electron chi connectivity index (χ0n) is 11.1. The van der Waals surface area contributed by atoms with Gasteiger partial charge in [0.25, 0.3) is 0 Å². The first kappa shape index (κ1) is 14.5. The summed E-state index contributed by atoms with van der Waals surface area (Å²) in [4.78, 5) is 13.7. The molecule has 1 fully saturated rings. The van der Waals surface area contributed by atoms with Crippen molar-refractivity contribution in [3.8, 4) is 0 Å². The van der Waals surface area contributed by atoms with Crippen LogP contribution >= 0.6 is 0 Å². The molecule has 17 heavy (non-hydrogen) atoms. The molecule has 0 aromatic heterocycles. The van der Waals surface area contributed by atoms with Crippen LogP contribution in [0.4, 0.5) is 0 Å². The smallest absolute Gasteiger partial charge is 0.222 e. The predicted molar refractivity (Wildman–Crippen MR) is 68.8 cm³/mol. The van der Waals surface area contributed by atoms with Gasteiger partial charge in [-0.3, -0.25) is 4.79 Å². The number of likely N-dealkylation sites (tertiary alicyclic amines) is 1. The van der Waals surface area contributed by atoms with Crippen LogP contribution in [0.25, 0.3) is 0 Å². The number of amides is 1. The van der Waals surface area contributed by atoms with Crippen molar-refractivity contribution in [1.82, 2.24) is 10.2 Å². The molecule has 4 heteroatoms. The molecule has 0 spiro atoms. The Morgan fingerprint density at radius 2 is 2.29 bits per heavy atom. The Hall–Kier alpha value is -0.610. The number of hydrogen-bond acceptors (Lipinski definition) is 3. The molecule has 1 amide bonds. The third-order valence-electron chi connectivity index (χ3n) is 3.49. The summed E-state index contributed by atoms with van der Waals surface area (Å²) >= 11 is 0. The van der Waals surface area contributed by atoms with Gasteiger partial charge in [0.1, 0.15) is 0 Å². The van der Waals surface area contributed by atoms with E-state index in [2.05, 4.69) is 12.2 Å². The standard InChI is InChI=1S/C13H26N2O2/c1-3-4-11-5-6-13(17)15(8-7-11)10-12(16)9-14-2/h11-12,14,16H,3-10H2,1-2H3. The lowest BCUT2D eigenvalue weighted by atomic mass is 9.96. The lowest BCUT2D eigenvalue weighted by Crippen LogP contribution is -2.40. The van der Waals surface area contributed by atoms with E-state index < -0.39 is 6.10 Å². The van der Waals surface area contributed by atoms with Crippen molar-refractivity contribution in [2.75, 3.05) is 26.7 Å². The van der Waals surface area contributed by atoms with Crippen LogP contribution in [0.2, 0.25) is 0 Å². The van der Waals surface area contributed by atoms with Crippen molar-refractivity contribution in [2.45, 2.75) is 45.1 Å². The highest BCUT2D eigenvalue weighted by molar-refractivity contribution is 5.76. The summed E-state index contributed by atoms with van der Waals surface area (Å²) in [5.41, 5.74) is 0. The van der Waals surface area contributed by atoms with E-state index >= 15 is 0 Å². The number of hydrogen-bond donors (Lipinski definition) is 2. The van der Waals surface area contributed by atoms with Gasteiger partial charge >= 0.3 is 0 Å². The maximum absolute atomic E-state index is 11.9. The number of likely N-dealkylation sites (N-methyl/N-ethyl adjacent to an activating group) is 1. The van der Waals surface area contributed by atoms with E-state index in [1.807, 2.05) is 11.9 Å². The number of carbonyl (C=O) groups is 1. The summed E-state index contributed by atoms with van der Waals surface area (Å²) in [7, 11) is 1.81. The van der Waals surface area contributed by atoms with Crippen molar-refractivity contribution in [2.24, 2.45) is 5.92 Å². The zero-order valence-corrected chi connectivity index (χ0v) is 11.1. The fraction of sp³-hybridized carbons (Fsp3) is 0.923. The Bertz CT molecular complexity index is 233. The Morgan fingerprint density at radius 3 is 2.94 bits per heavy atom. The first-order chi connectivity index (χ1) is 8.17. The maximum atomic E-state index is 11.9. The van der Waals surface area contributed by atoms with Crippen LogP contribution in [0, 0.1) is 5.92 Å². The van der Waals surface area contributed by atoms with Crippen LogP contribution in [0.3, 0.4) is 0 Å². The van der Waals surface area contributed by atoms with Crippen LogP contribution in [0.15, 0.2) is 0 Å². The summed E-state index contributed by atoms with van der Waals surface area (Å²) in [5.74, 6) is 0.897. The van der Waals surface area contributed by atoms with Gasteiger partial charge in [0.05, 0.1) is 6.10 Å². The Morgan fingerprint density at radius 1 is 1.53 bits per heavy atom. The third kappa shape index (κ3) is 5.04. The summed E-state index contributed by atoms with van der Waals surface area (Å²) in [6.07, 6.45) is 4.72. The fourth-order valence-electron chi connectivity index (χ4n) is 2.54. The molecule has 1 aliphatic heterocycles. The molecule has 4 nitrogen and oxygen atoms in total. The molecular weight excluding hydrogens is 216 g/mol. The van der Waals surface area contributed by atoms with E-state index in [4.69, 9.17) is 0 Å². The molecule has 0 saturated carbocycles. The SMILES string of the molecule is CCCC1CCC(=O)N(CC(O)CNC)CC1. The lowest BCUT2D eigenvalue weighted by molar-refractivity contribution is -0.132. The molecule has 1 saturated heterocycles. The quantitative estimate of drug-likeness (QED) is 0.730. The van der Waals surface area contributed by atoms with Gasteiger partial charge in [0.2, 0.25) is 5.91 Å². The van der Waals surface area contributed by atoms with Gasteiger partial charge in [-0.1, -0.05) is 19.8 Å². The summed E-state index contributed by atoms with van der Waals surface area (Å²) in [6, 6.07) is 0. The Balaban J connectivity index is 2.41. The van der Waals surface area contributed by atoms with Crippen LogP contribution in [0.1, 0.15) is 39.0 Å². The zero-order chi connectivity index (χ0) is 12.7. The van der Waals surface area contributed by atoms with Gasteiger partial charge in [-0.25, -0.2) is 0 Å². The van der Waals surface area contributed by atoms with Gasteiger partial charge in [-0.15, -0.1) is 0 Å². The molecule has 2 unspecified atom stereocenters. The molecule has 0 aliphatic carbocycles. The predicted octanol–water partition coefficient (Wildman–Crippen LogP) is 0.995. The fourth-order valence-corrected chi connectivity index (χ4v) is 2.54. The van der Waals surface area contributed by atoms with Crippen LogP contribution in [-0.4, -0.2) is 48.7 Å². The van der Waals surface area contributed by atoms with Crippen LogP contribution in [0.5, 0.6) is 0 Å². The summed E-state index contributed by atoms with van der Waals surface area (Å²) in [5, 5.41) is 12.7. The van der Waals surface area contributed by atoms with Gasteiger partial charge in [0, 0.05) is 26.1 Å². The molecular formula is C13H26N2O2. The highest BCUT2D eigenvalue weighted by Crippen LogP contribution is 2.22. The second kappa shape index (κ2) is 7.67. The van der Waals surface area contributed by atoms with E-state index in [1.165, 1.54) is 12.8 Å². The van der Waals surface area contributed by atoms with Crippen molar-refractivity contribution >= 4 is 5.91 Å². The largest absolute Gasteiger partial charge is 0.390 e. The van der Waals surface area contributed by atoms with Crippen molar-refractivity contribution in [1.29, 1.82) is 0 Å². The Kier molecular flexibility index (Phi) is 6.52. The minimum absolute atomic E-state index is 0.207. The number of nitrogens with one attached hydrogen (secondary N) is 1. The number of β-amino-alcohol motifs (C(OH)–C–C–N with tert-alkyl or cyclic N) is 1. The minimum Gasteiger partial charge on any atom is -0.390 e. The average molecular weight is 242 g/mol. The monoisotopic (exact) mass is 242 g/mol. The van der Waals surface area contributed by atoms with Crippen molar-refractivity contribution in [3.05, 3.63) is 0 Å². The second-order valence-corrected chi connectivity index (χ2v) is 5.03. The minimum atomic E-state index is -0.452. The second-order valence-electron chi connectivity index (χ2n) is 5.03. The van der Waals surface area contributed by atoms with E-state index in [0.717, 1.165) is 19.4 Å². The molecule has 1 rings (SSSR count). The molecule has 0 bridgehead atoms. The lowest BCUT2D eigenvalue weighted by Gasteiger charge is -2.23. The molecule has 0 aromatic rings. The average Bonchev–Trinajstić information content (AvgIpc) is 2.45. The molecule has 2 atom stereocenters. The normalized spacial score (nSPS) is 23.6. The van der Waals surface area contributed by atoms with Gasteiger partial charge < -0.3 is 15.3 Å². The molecule has 0 radical (unpaired) electrons. The molecule has 1 heterocycles. The molecule has 100 valence electrons. The highest BCUT2D eigenvalue weighted by atomic mass is 16.3. The van der Waals surface area contributed by atoms with Gasteiger partial charge in [-0.2, -0.15) is 0 Å².